The number of aliphatic imine (C=N–C) groups is 1. The fourth-order valence-electron chi connectivity index (χ4n) is 0.720. The van der Waals surface area contributed by atoms with Crippen molar-refractivity contribution in [3.63, 3.8) is 0 Å². The van der Waals surface area contributed by atoms with Crippen LogP contribution in [0.25, 0.3) is 0 Å². The molecule has 4 heteroatoms. The van der Waals surface area contributed by atoms with E-state index in [1.165, 1.54) is 0 Å². The summed E-state index contributed by atoms with van der Waals surface area (Å²) in [5.41, 5.74) is 0.684. The van der Waals surface area contributed by atoms with Gasteiger partial charge in [0.25, 0.3) is 0 Å². The zero-order valence-electron chi connectivity index (χ0n) is 6.78. The zero-order valence-corrected chi connectivity index (χ0v) is 6.78. The Hall–Kier alpha value is -1.58. The number of nitrogens with zero attached hydrogens (tertiary/aromatic N) is 1. The van der Waals surface area contributed by atoms with Gasteiger partial charge in [-0.25, -0.2) is 4.79 Å². The van der Waals surface area contributed by atoms with E-state index < -0.39 is 6.09 Å². The lowest BCUT2D eigenvalue weighted by Gasteiger charge is -2.03. The van der Waals surface area contributed by atoms with Crippen molar-refractivity contribution in [3.8, 4) is 0 Å². The van der Waals surface area contributed by atoms with Gasteiger partial charge in [0.1, 0.15) is 0 Å². The highest BCUT2D eigenvalue weighted by Crippen LogP contribution is 1.93. The molecule has 0 saturated heterocycles. The molecule has 1 rings (SSSR count). The molecule has 0 atom stereocenters. The second kappa shape index (κ2) is 4.33. The highest BCUT2D eigenvalue weighted by molar-refractivity contribution is 5.77. The average molecular weight is 166 g/mol. The standard InChI is InChI=1S/C8H10N2O2/c1-2-12-8(11)10-7-3-5-9-6-4-7/h3-6H,2H2,1H3,(H,10,11)/q+1. The van der Waals surface area contributed by atoms with E-state index in [0.29, 0.717) is 12.3 Å². The summed E-state index contributed by atoms with van der Waals surface area (Å²) in [6.07, 6.45) is 6.14. The van der Waals surface area contributed by atoms with Crippen LogP contribution in [0.3, 0.4) is 0 Å². The molecule has 0 aromatic carbocycles. The summed E-state index contributed by atoms with van der Waals surface area (Å²) in [6, 6.07) is 0. The SMILES string of the molecule is CCOC(=O)NC1=CC=[N+]C=C1. The summed E-state index contributed by atoms with van der Waals surface area (Å²) in [6.45, 7) is 2.13. The molecular weight excluding hydrogens is 156 g/mol. The van der Waals surface area contributed by atoms with E-state index in [-0.39, 0.29) is 0 Å². The molecule has 0 bridgehead atoms. The third-order valence-corrected chi connectivity index (χ3v) is 1.20. The molecule has 1 aliphatic rings. The lowest BCUT2D eigenvalue weighted by molar-refractivity contribution is 0.155. The number of allylic oxidation sites excluding steroid dienone is 2. The highest BCUT2D eigenvalue weighted by atomic mass is 16.5. The maximum atomic E-state index is 10.9. The van der Waals surface area contributed by atoms with Crippen molar-refractivity contribution in [2.45, 2.75) is 6.92 Å². The Kier molecular flexibility index (Phi) is 3.07. The van der Waals surface area contributed by atoms with Crippen LogP contribution in [0, 0.1) is 0 Å². The fourth-order valence-corrected chi connectivity index (χ4v) is 0.720. The molecule has 0 aromatic rings. The second-order valence-electron chi connectivity index (χ2n) is 2.08. The summed E-state index contributed by atoms with van der Waals surface area (Å²) >= 11 is 0. The first-order chi connectivity index (χ1) is 5.83. The Labute approximate surface area is 70.6 Å². The van der Waals surface area contributed by atoms with Crippen LogP contribution in [0.2, 0.25) is 0 Å². The second-order valence-corrected chi connectivity index (χ2v) is 2.08. The molecule has 1 heterocycles. The molecule has 1 radical (unpaired) electrons. The molecule has 12 heavy (non-hydrogen) atoms. The van der Waals surface area contributed by atoms with E-state index >= 15 is 0 Å². The molecule has 63 valence electrons. The van der Waals surface area contributed by atoms with Crippen LogP contribution in [0.1, 0.15) is 6.92 Å². The lowest BCUT2D eigenvalue weighted by Crippen LogP contribution is -2.23. The number of carbonyl (C=O) groups excluding carboxylic acids is 1. The third-order valence-electron chi connectivity index (χ3n) is 1.20. The predicted octanol–water partition coefficient (Wildman–Crippen LogP) is 0.550. The van der Waals surface area contributed by atoms with Gasteiger partial charge in [-0.05, 0) is 6.92 Å². The molecule has 0 aromatic heterocycles. The zero-order chi connectivity index (χ0) is 8.81. The van der Waals surface area contributed by atoms with Crippen LogP contribution in [0.15, 0.2) is 24.0 Å². The monoisotopic (exact) mass is 166 g/mol. The van der Waals surface area contributed by atoms with E-state index in [4.69, 9.17) is 0 Å². The summed E-state index contributed by atoms with van der Waals surface area (Å²) < 4.78 is 4.68. The van der Waals surface area contributed by atoms with Crippen molar-refractivity contribution >= 4 is 12.3 Å². The van der Waals surface area contributed by atoms with Crippen LogP contribution in [0.5, 0.6) is 0 Å². The van der Waals surface area contributed by atoms with Gasteiger partial charge in [-0.1, -0.05) is 0 Å². The van der Waals surface area contributed by atoms with Gasteiger partial charge in [0.2, 0.25) is 12.4 Å². The largest absolute Gasteiger partial charge is 0.450 e. The minimum Gasteiger partial charge on any atom is -0.450 e. The van der Waals surface area contributed by atoms with Crippen LogP contribution in [-0.2, 0) is 4.74 Å². The summed E-state index contributed by atoms with van der Waals surface area (Å²) in [5.74, 6) is 0. The van der Waals surface area contributed by atoms with Crippen molar-refractivity contribution in [2.75, 3.05) is 6.61 Å². The Balaban J connectivity index is 2.41. The van der Waals surface area contributed by atoms with Gasteiger partial charge in [-0.15, -0.1) is 0 Å². The van der Waals surface area contributed by atoms with E-state index in [0.717, 1.165) is 0 Å². The quantitative estimate of drug-likeness (QED) is 0.651. The molecule has 1 N–H and O–H groups in total. The Bertz CT molecular complexity index is 254. The number of alkyl carbamates (subject to hydrolysis) is 1. The van der Waals surface area contributed by atoms with E-state index in [9.17, 15) is 4.79 Å². The number of rotatable bonds is 2. The predicted molar refractivity (Wildman–Crippen MR) is 45.6 cm³/mol. The number of hydrogen-bond donors (Lipinski definition) is 1. The van der Waals surface area contributed by atoms with Crippen LogP contribution >= 0.6 is 0 Å². The van der Waals surface area contributed by atoms with Crippen molar-refractivity contribution in [2.24, 2.45) is 0 Å². The van der Waals surface area contributed by atoms with Crippen LogP contribution < -0.4 is 10.3 Å². The highest BCUT2D eigenvalue weighted by Gasteiger charge is 2.04. The van der Waals surface area contributed by atoms with Gasteiger partial charge in [0.15, 0.2) is 0 Å². The number of carbonyl (C=O) groups is 1. The first-order valence-electron chi connectivity index (χ1n) is 3.66. The maximum absolute atomic E-state index is 10.9. The van der Waals surface area contributed by atoms with Gasteiger partial charge >= 0.3 is 6.09 Å². The van der Waals surface area contributed by atoms with Gasteiger partial charge in [0, 0.05) is 12.2 Å². The van der Waals surface area contributed by atoms with Crippen molar-refractivity contribution in [3.05, 3.63) is 24.0 Å². The molecule has 0 spiro atoms. The molecule has 1 aliphatic heterocycles. The third kappa shape index (κ3) is 2.57. The number of hydrogen-bond acceptors (Lipinski definition) is 3. The molecular formula is C8H10N2O2+. The first kappa shape index (κ1) is 8.52. The average Bonchev–Trinajstić information content (AvgIpc) is 2.06. The minimum absolute atomic E-state index is 0.372. The molecule has 0 fully saturated rings. The Morgan fingerprint density at radius 1 is 1.75 bits per heavy atom. The fraction of sp³-hybridized carbons (Fsp3) is 0.250. The lowest BCUT2D eigenvalue weighted by atomic mass is 10.3. The normalized spacial score (nSPS) is 13.9. The van der Waals surface area contributed by atoms with Gasteiger partial charge in [-0.2, -0.15) is 0 Å². The smallest absolute Gasteiger partial charge is 0.411 e. The van der Waals surface area contributed by atoms with E-state index in [1.807, 2.05) is 0 Å². The Morgan fingerprint density at radius 3 is 3.17 bits per heavy atom. The summed E-state index contributed by atoms with van der Waals surface area (Å²) in [5, 5.41) is 2.54. The molecule has 4 nitrogen and oxygen atoms in total. The van der Waals surface area contributed by atoms with Gasteiger partial charge in [-0.3, -0.25) is 5.32 Å². The van der Waals surface area contributed by atoms with Crippen molar-refractivity contribution in [1.29, 1.82) is 0 Å². The minimum atomic E-state index is -0.441. The summed E-state index contributed by atoms with van der Waals surface area (Å²) in [4.78, 5) is 14.7. The number of amides is 1. The van der Waals surface area contributed by atoms with Crippen LogP contribution in [-0.4, -0.2) is 18.9 Å². The first-order valence-corrected chi connectivity index (χ1v) is 3.66. The number of nitrogens with one attached hydrogen (secondary N) is 1. The van der Waals surface area contributed by atoms with Gasteiger partial charge in [0.05, 0.1) is 17.3 Å². The topological polar surface area (TPSA) is 52.4 Å². The molecule has 1 amide bonds. The van der Waals surface area contributed by atoms with Crippen molar-refractivity contribution in [1.82, 2.24) is 10.3 Å². The van der Waals surface area contributed by atoms with Crippen molar-refractivity contribution < 1.29 is 9.53 Å². The van der Waals surface area contributed by atoms with E-state index in [2.05, 4.69) is 15.0 Å². The van der Waals surface area contributed by atoms with E-state index in [1.54, 1.807) is 31.5 Å². The Morgan fingerprint density at radius 2 is 2.58 bits per heavy atom. The van der Waals surface area contributed by atoms with Crippen LogP contribution in [0.4, 0.5) is 4.79 Å². The molecule has 0 unspecified atom stereocenters. The number of ether oxygens (including phenoxy) is 1. The van der Waals surface area contributed by atoms with Gasteiger partial charge < -0.3 is 4.74 Å². The molecule has 0 saturated carbocycles. The molecule has 0 aliphatic carbocycles. The maximum Gasteiger partial charge on any atom is 0.411 e. The summed E-state index contributed by atoms with van der Waals surface area (Å²) in [7, 11) is 0.